The van der Waals surface area contributed by atoms with Gasteiger partial charge in [-0.15, -0.1) is 11.3 Å². The molecule has 1 rings (SSSR count). The second-order valence-electron chi connectivity index (χ2n) is 3.30. The van der Waals surface area contributed by atoms with Crippen LogP contribution in [0, 0.1) is 0 Å². The van der Waals surface area contributed by atoms with Crippen LogP contribution in [0.5, 0.6) is 0 Å². The van der Waals surface area contributed by atoms with E-state index in [2.05, 4.69) is 11.9 Å². The Bertz CT molecular complexity index is 273. The fourth-order valence-electron chi connectivity index (χ4n) is 1.24. The monoisotopic (exact) mass is 215 g/mol. The van der Waals surface area contributed by atoms with Crippen molar-refractivity contribution >= 4 is 11.3 Å². The van der Waals surface area contributed by atoms with Crippen LogP contribution in [0.2, 0.25) is 0 Å². The highest BCUT2D eigenvalue weighted by molar-refractivity contribution is 7.09. The predicted octanol–water partition coefficient (Wildman–Crippen LogP) is 2.68. The van der Waals surface area contributed by atoms with Gasteiger partial charge in [-0.05, 0) is 13.3 Å². The molecule has 0 radical (unpaired) electrons. The Kier molecular flexibility index (Phi) is 4.51. The Morgan fingerprint density at radius 2 is 2.36 bits per heavy atom. The van der Waals surface area contributed by atoms with Crippen molar-refractivity contribution in [2.45, 2.75) is 38.9 Å². The molecule has 0 aliphatic carbocycles. The maximum atomic E-state index is 9.32. The van der Waals surface area contributed by atoms with Crippen LogP contribution < -0.4 is 0 Å². The first-order valence-corrected chi connectivity index (χ1v) is 5.73. The third-order valence-corrected chi connectivity index (χ3v) is 3.03. The van der Waals surface area contributed by atoms with Crippen molar-refractivity contribution in [3.05, 3.63) is 16.1 Å². The predicted molar refractivity (Wildman–Crippen MR) is 57.4 cm³/mol. The molecule has 0 saturated carbocycles. The minimum absolute atomic E-state index is 0.0810. The van der Waals surface area contributed by atoms with Crippen LogP contribution in [0.1, 0.15) is 49.6 Å². The summed E-state index contributed by atoms with van der Waals surface area (Å²) in [6.45, 7) is 3.84. The molecule has 2 unspecified atom stereocenters. The number of thiazole rings is 1. The zero-order valence-corrected chi connectivity index (χ0v) is 9.67. The topological polar surface area (TPSA) is 42.4 Å². The van der Waals surface area contributed by atoms with Gasteiger partial charge in [0.25, 0.3) is 0 Å². The van der Waals surface area contributed by atoms with Crippen LogP contribution in [0.3, 0.4) is 0 Å². The number of rotatable bonds is 5. The Balaban J connectivity index is 2.73. The van der Waals surface area contributed by atoms with Crippen molar-refractivity contribution in [3.8, 4) is 0 Å². The summed E-state index contributed by atoms with van der Waals surface area (Å²) in [6, 6.07) is 0. The first-order valence-electron chi connectivity index (χ1n) is 4.85. The fraction of sp³-hybridized carbons (Fsp3) is 0.700. The van der Waals surface area contributed by atoms with E-state index in [0.29, 0.717) is 0 Å². The van der Waals surface area contributed by atoms with Gasteiger partial charge < -0.3 is 9.84 Å². The van der Waals surface area contributed by atoms with Crippen molar-refractivity contribution in [2.75, 3.05) is 7.11 Å². The molecular weight excluding hydrogens is 198 g/mol. The molecule has 1 aromatic rings. The molecule has 1 heterocycles. The lowest BCUT2D eigenvalue weighted by Gasteiger charge is -2.10. The van der Waals surface area contributed by atoms with Gasteiger partial charge >= 0.3 is 0 Å². The van der Waals surface area contributed by atoms with Gasteiger partial charge in [0.2, 0.25) is 0 Å². The van der Waals surface area contributed by atoms with Crippen molar-refractivity contribution in [2.24, 2.45) is 0 Å². The molecule has 0 aliphatic heterocycles. The van der Waals surface area contributed by atoms with Gasteiger partial charge in [-0.2, -0.15) is 0 Å². The summed E-state index contributed by atoms with van der Waals surface area (Å²) >= 11 is 1.55. The smallest absolute Gasteiger partial charge is 0.122 e. The highest BCUT2D eigenvalue weighted by Gasteiger charge is 2.15. The molecule has 1 aromatic heterocycles. The van der Waals surface area contributed by atoms with Crippen LogP contribution in [-0.4, -0.2) is 17.2 Å². The molecule has 0 aromatic carbocycles. The van der Waals surface area contributed by atoms with E-state index in [9.17, 15) is 5.11 Å². The molecule has 0 amide bonds. The molecular formula is C10H17NO2S. The normalized spacial score (nSPS) is 15.4. The standard InChI is InChI=1S/C10H17NO2S/c1-4-5-9(13-3)10-11-8(6-14-10)7(2)12/h6-7,9,12H,4-5H2,1-3H3. The largest absolute Gasteiger partial charge is 0.387 e. The second-order valence-corrected chi connectivity index (χ2v) is 4.19. The van der Waals surface area contributed by atoms with E-state index < -0.39 is 6.10 Å². The lowest BCUT2D eigenvalue weighted by atomic mass is 10.2. The number of hydrogen-bond donors (Lipinski definition) is 1. The van der Waals surface area contributed by atoms with E-state index in [1.807, 2.05) is 5.38 Å². The zero-order chi connectivity index (χ0) is 10.6. The first kappa shape index (κ1) is 11.6. The maximum Gasteiger partial charge on any atom is 0.122 e. The van der Waals surface area contributed by atoms with E-state index in [1.165, 1.54) is 0 Å². The van der Waals surface area contributed by atoms with Gasteiger partial charge in [0.05, 0.1) is 11.8 Å². The van der Waals surface area contributed by atoms with Crippen LogP contribution in [-0.2, 0) is 4.74 Å². The number of aliphatic hydroxyl groups is 1. The summed E-state index contributed by atoms with van der Waals surface area (Å²) in [6.07, 6.45) is 1.64. The van der Waals surface area contributed by atoms with E-state index in [4.69, 9.17) is 4.74 Å². The van der Waals surface area contributed by atoms with Gasteiger partial charge in [-0.3, -0.25) is 0 Å². The number of nitrogens with zero attached hydrogens (tertiary/aromatic N) is 1. The highest BCUT2D eigenvalue weighted by atomic mass is 32.1. The molecule has 0 spiro atoms. The van der Waals surface area contributed by atoms with E-state index in [1.54, 1.807) is 25.4 Å². The molecule has 0 bridgehead atoms. The van der Waals surface area contributed by atoms with Crippen molar-refractivity contribution < 1.29 is 9.84 Å². The molecule has 3 nitrogen and oxygen atoms in total. The Morgan fingerprint density at radius 3 is 2.79 bits per heavy atom. The summed E-state index contributed by atoms with van der Waals surface area (Å²) in [5, 5.41) is 12.2. The molecule has 80 valence electrons. The molecule has 0 fully saturated rings. The Labute approximate surface area is 88.8 Å². The molecule has 4 heteroatoms. The highest BCUT2D eigenvalue weighted by Crippen LogP contribution is 2.26. The van der Waals surface area contributed by atoms with Crippen molar-refractivity contribution in [3.63, 3.8) is 0 Å². The Hall–Kier alpha value is -0.450. The molecule has 0 saturated heterocycles. The van der Waals surface area contributed by atoms with Crippen molar-refractivity contribution in [1.29, 1.82) is 0 Å². The van der Waals surface area contributed by atoms with E-state index in [0.717, 1.165) is 23.5 Å². The van der Waals surface area contributed by atoms with Gasteiger partial charge in [0, 0.05) is 12.5 Å². The van der Waals surface area contributed by atoms with Crippen LogP contribution in [0.25, 0.3) is 0 Å². The quantitative estimate of drug-likeness (QED) is 0.821. The lowest BCUT2D eigenvalue weighted by Crippen LogP contribution is -2.01. The van der Waals surface area contributed by atoms with Gasteiger partial charge in [-0.25, -0.2) is 4.98 Å². The number of ether oxygens (including phenoxy) is 1. The average molecular weight is 215 g/mol. The minimum atomic E-state index is -0.487. The summed E-state index contributed by atoms with van der Waals surface area (Å²) in [5.41, 5.74) is 0.739. The van der Waals surface area contributed by atoms with Crippen LogP contribution in [0.4, 0.5) is 0 Å². The maximum absolute atomic E-state index is 9.32. The number of aromatic nitrogens is 1. The lowest BCUT2D eigenvalue weighted by molar-refractivity contribution is 0.0941. The van der Waals surface area contributed by atoms with Gasteiger partial charge in [0.15, 0.2) is 0 Å². The number of methoxy groups -OCH3 is 1. The number of aliphatic hydroxyl groups excluding tert-OH is 1. The molecule has 2 atom stereocenters. The number of hydrogen-bond acceptors (Lipinski definition) is 4. The van der Waals surface area contributed by atoms with E-state index in [-0.39, 0.29) is 6.10 Å². The van der Waals surface area contributed by atoms with Gasteiger partial charge in [-0.1, -0.05) is 13.3 Å². The third kappa shape index (κ3) is 2.77. The first-order chi connectivity index (χ1) is 6.69. The SMILES string of the molecule is CCCC(OC)c1nc(C(C)O)cs1. The summed E-state index contributed by atoms with van der Waals surface area (Å²) in [5.74, 6) is 0. The third-order valence-electron chi connectivity index (χ3n) is 2.08. The van der Waals surface area contributed by atoms with Crippen molar-refractivity contribution in [1.82, 2.24) is 4.98 Å². The summed E-state index contributed by atoms with van der Waals surface area (Å²) < 4.78 is 5.34. The second kappa shape index (κ2) is 5.44. The van der Waals surface area contributed by atoms with Crippen LogP contribution in [0.15, 0.2) is 5.38 Å². The van der Waals surface area contributed by atoms with Gasteiger partial charge in [0.1, 0.15) is 11.1 Å². The molecule has 1 N–H and O–H groups in total. The summed E-state index contributed by atoms with van der Waals surface area (Å²) in [4.78, 5) is 4.34. The minimum Gasteiger partial charge on any atom is -0.387 e. The average Bonchev–Trinajstić information content (AvgIpc) is 2.63. The van der Waals surface area contributed by atoms with Crippen LogP contribution >= 0.6 is 11.3 Å². The molecule has 0 aliphatic rings. The van der Waals surface area contributed by atoms with E-state index >= 15 is 0 Å². The summed E-state index contributed by atoms with van der Waals surface area (Å²) in [7, 11) is 1.70. The fourth-order valence-corrected chi connectivity index (χ4v) is 2.26. The Morgan fingerprint density at radius 1 is 1.64 bits per heavy atom. The zero-order valence-electron chi connectivity index (χ0n) is 8.86. The molecule has 14 heavy (non-hydrogen) atoms.